The van der Waals surface area contributed by atoms with Crippen molar-refractivity contribution in [1.29, 1.82) is 0 Å². The van der Waals surface area contributed by atoms with E-state index in [-0.39, 0.29) is 11.4 Å². The molecule has 3 aliphatic rings. The number of hydrogen-bond acceptors (Lipinski definition) is 5. The van der Waals surface area contributed by atoms with E-state index >= 15 is 0 Å². The molecule has 0 amide bonds. The maximum absolute atomic E-state index is 12.2. The molecule has 5 nitrogen and oxygen atoms in total. The van der Waals surface area contributed by atoms with E-state index in [2.05, 4.69) is 18.9 Å². The summed E-state index contributed by atoms with van der Waals surface area (Å²) in [5.74, 6) is 1.08. The second kappa shape index (κ2) is 8.62. The van der Waals surface area contributed by atoms with Crippen molar-refractivity contribution >= 4 is 12.0 Å². The molecule has 5 heteroatoms. The predicted molar refractivity (Wildman–Crippen MR) is 118 cm³/mol. The third-order valence-corrected chi connectivity index (χ3v) is 7.72. The molecule has 2 aliphatic carbocycles. The summed E-state index contributed by atoms with van der Waals surface area (Å²) in [6.07, 6.45) is 12.0. The average Bonchev–Trinajstić information content (AvgIpc) is 2.75. The third kappa shape index (κ3) is 3.51. The van der Waals surface area contributed by atoms with Crippen LogP contribution in [0.5, 0.6) is 11.5 Å². The standard InChI is InChI=1S/C25H35NO4/c1-4-5-14-30-22(27)10-9-17-15-21(29-3)24(28)23-18(17)16-20-19-8-6-7-11-25(19,23)12-13-26(20)2/h9-10,15,19-20,28H,4-8,11-14,16H2,1-3H3/b10-9+. The van der Waals surface area contributed by atoms with E-state index in [0.29, 0.717) is 30.1 Å². The molecule has 164 valence electrons. The number of rotatable bonds is 6. The molecule has 4 rings (SSSR count). The van der Waals surface area contributed by atoms with Crippen molar-refractivity contribution in [3.05, 3.63) is 28.8 Å². The molecule has 1 aromatic carbocycles. The monoisotopic (exact) mass is 413 g/mol. The summed E-state index contributed by atoms with van der Waals surface area (Å²) in [5.41, 5.74) is 3.26. The first-order chi connectivity index (χ1) is 14.5. The third-order valence-electron chi connectivity index (χ3n) is 7.72. The smallest absolute Gasteiger partial charge is 0.330 e. The summed E-state index contributed by atoms with van der Waals surface area (Å²) < 4.78 is 10.9. The van der Waals surface area contributed by atoms with Gasteiger partial charge in [0.1, 0.15) is 0 Å². The van der Waals surface area contributed by atoms with Crippen LogP contribution in [0.1, 0.15) is 68.6 Å². The number of hydrogen-bond donors (Lipinski definition) is 1. The van der Waals surface area contributed by atoms with Crippen LogP contribution in [0.2, 0.25) is 0 Å². The highest BCUT2D eigenvalue weighted by Gasteiger charge is 2.55. The van der Waals surface area contributed by atoms with E-state index in [1.165, 1.54) is 30.9 Å². The summed E-state index contributed by atoms with van der Waals surface area (Å²) in [6.45, 7) is 3.59. The van der Waals surface area contributed by atoms with E-state index < -0.39 is 0 Å². The zero-order valence-corrected chi connectivity index (χ0v) is 18.6. The number of carbonyl (C=O) groups excluding carboxylic acids is 1. The lowest BCUT2D eigenvalue weighted by Gasteiger charge is -2.58. The number of fused-ring (bicyclic) bond motifs is 1. The average molecular weight is 414 g/mol. The Kier molecular flexibility index (Phi) is 6.10. The fourth-order valence-corrected chi connectivity index (χ4v) is 6.22. The molecule has 3 atom stereocenters. The number of ether oxygens (including phenoxy) is 2. The van der Waals surface area contributed by atoms with Gasteiger partial charge in [-0.1, -0.05) is 26.2 Å². The number of carbonyl (C=O) groups is 1. The second-order valence-electron chi connectivity index (χ2n) is 9.24. The molecular weight excluding hydrogens is 378 g/mol. The first-order valence-electron chi connectivity index (χ1n) is 11.5. The van der Waals surface area contributed by atoms with Crippen LogP contribution in [0.25, 0.3) is 6.08 Å². The van der Waals surface area contributed by atoms with Crippen LogP contribution in [-0.4, -0.2) is 49.3 Å². The molecule has 1 saturated carbocycles. The number of phenols is 1. The van der Waals surface area contributed by atoms with E-state index in [1.807, 2.05) is 12.1 Å². The Balaban J connectivity index is 1.77. The summed E-state index contributed by atoms with van der Waals surface area (Å²) in [6, 6.07) is 2.36. The largest absolute Gasteiger partial charge is 0.504 e. The summed E-state index contributed by atoms with van der Waals surface area (Å²) in [7, 11) is 3.84. The number of piperidine rings is 1. The van der Waals surface area contributed by atoms with Gasteiger partial charge in [0.2, 0.25) is 0 Å². The van der Waals surface area contributed by atoms with Crippen LogP contribution in [0.15, 0.2) is 12.1 Å². The molecule has 1 aromatic rings. The SMILES string of the molecule is CCCCOC(=O)/C=C/c1cc(OC)c(O)c2c1CC1C3CCCCC23CCN1C. The van der Waals surface area contributed by atoms with Gasteiger partial charge in [0.25, 0.3) is 0 Å². The number of esters is 1. The molecule has 0 radical (unpaired) electrons. The zero-order valence-electron chi connectivity index (χ0n) is 18.6. The van der Waals surface area contributed by atoms with Gasteiger partial charge < -0.3 is 19.5 Å². The van der Waals surface area contributed by atoms with Crippen LogP contribution in [-0.2, 0) is 21.4 Å². The van der Waals surface area contributed by atoms with E-state index in [0.717, 1.165) is 49.8 Å². The van der Waals surface area contributed by atoms with Crippen LogP contribution in [0.3, 0.4) is 0 Å². The first kappa shape index (κ1) is 21.2. The molecule has 3 unspecified atom stereocenters. The van der Waals surface area contributed by atoms with Crippen molar-refractivity contribution in [2.75, 3.05) is 27.3 Å². The number of unbranched alkanes of at least 4 members (excludes halogenated alkanes) is 1. The fourth-order valence-electron chi connectivity index (χ4n) is 6.22. The van der Waals surface area contributed by atoms with Crippen LogP contribution in [0, 0.1) is 5.92 Å². The topological polar surface area (TPSA) is 59.0 Å². The minimum Gasteiger partial charge on any atom is -0.504 e. The molecule has 30 heavy (non-hydrogen) atoms. The maximum Gasteiger partial charge on any atom is 0.330 e. The highest BCUT2D eigenvalue weighted by molar-refractivity contribution is 5.88. The van der Waals surface area contributed by atoms with Crippen molar-refractivity contribution < 1.29 is 19.4 Å². The molecule has 1 aliphatic heterocycles. The molecule has 0 spiro atoms. The molecule has 2 bridgehead atoms. The Morgan fingerprint density at radius 1 is 1.37 bits per heavy atom. The van der Waals surface area contributed by atoms with Gasteiger partial charge in [0.05, 0.1) is 13.7 Å². The van der Waals surface area contributed by atoms with Crippen molar-refractivity contribution in [3.8, 4) is 11.5 Å². The van der Waals surface area contributed by atoms with E-state index in [1.54, 1.807) is 7.11 Å². The predicted octanol–water partition coefficient (Wildman–Crippen LogP) is 4.45. The lowest BCUT2D eigenvalue weighted by atomic mass is 9.52. The highest BCUT2D eigenvalue weighted by Crippen LogP contribution is 2.59. The van der Waals surface area contributed by atoms with Gasteiger partial charge in [-0.3, -0.25) is 0 Å². The number of likely N-dealkylation sites (tertiary alicyclic amines) is 1. The molecule has 1 N–H and O–H groups in total. The minimum atomic E-state index is -0.314. The Morgan fingerprint density at radius 3 is 2.97 bits per heavy atom. The summed E-state index contributed by atoms with van der Waals surface area (Å²) >= 11 is 0. The Labute approximate surface area is 180 Å². The maximum atomic E-state index is 12.2. The van der Waals surface area contributed by atoms with Crippen molar-refractivity contribution in [3.63, 3.8) is 0 Å². The second-order valence-corrected chi connectivity index (χ2v) is 9.24. The quantitative estimate of drug-likeness (QED) is 0.424. The lowest BCUT2D eigenvalue weighted by molar-refractivity contribution is -0.137. The van der Waals surface area contributed by atoms with Gasteiger partial charge in [-0.15, -0.1) is 0 Å². The number of aromatic hydroxyl groups is 1. The normalized spacial score (nSPS) is 28.1. The summed E-state index contributed by atoms with van der Waals surface area (Å²) in [4.78, 5) is 14.7. The van der Waals surface area contributed by atoms with Crippen LogP contribution in [0.4, 0.5) is 0 Å². The molecule has 2 fully saturated rings. The summed E-state index contributed by atoms with van der Waals surface area (Å²) in [5, 5.41) is 11.2. The van der Waals surface area contributed by atoms with Gasteiger partial charge in [-0.05, 0) is 74.9 Å². The van der Waals surface area contributed by atoms with Gasteiger partial charge in [-0.25, -0.2) is 4.79 Å². The zero-order chi connectivity index (χ0) is 21.3. The lowest BCUT2D eigenvalue weighted by Crippen LogP contribution is -2.60. The van der Waals surface area contributed by atoms with Crippen molar-refractivity contribution in [2.24, 2.45) is 5.92 Å². The van der Waals surface area contributed by atoms with E-state index in [9.17, 15) is 9.90 Å². The van der Waals surface area contributed by atoms with Crippen molar-refractivity contribution in [2.45, 2.75) is 69.7 Å². The Bertz CT molecular complexity index is 833. The number of methoxy groups -OCH3 is 1. The molecule has 0 aromatic heterocycles. The molecule has 1 saturated heterocycles. The number of benzene rings is 1. The van der Waals surface area contributed by atoms with E-state index in [4.69, 9.17) is 9.47 Å². The van der Waals surface area contributed by atoms with Crippen LogP contribution >= 0.6 is 0 Å². The first-order valence-corrected chi connectivity index (χ1v) is 11.5. The van der Waals surface area contributed by atoms with Gasteiger partial charge in [-0.2, -0.15) is 0 Å². The highest BCUT2D eigenvalue weighted by atomic mass is 16.5. The number of phenolic OH excluding ortho intramolecular Hbond substituents is 1. The number of nitrogens with zero attached hydrogens (tertiary/aromatic N) is 1. The Hall–Kier alpha value is -2.01. The fraction of sp³-hybridized carbons (Fsp3) is 0.640. The molecular formula is C25H35NO4. The minimum absolute atomic E-state index is 0.0197. The molecule has 1 heterocycles. The Morgan fingerprint density at radius 2 is 2.20 bits per heavy atom. The van der Waals surface area contributed by atoms with Crippen LogP contribution < -0.4 is 4.74 Å². The van der Waals surface area contributed by atoms with Gasteiger partial charge >= 0.3 is 5.97 Å². The number of likely N-dealkylation sites (N-methyl/N-ethyl adjacent to an activating group) is 1. The van der Waals surface area contributed by atoms with Crippen molar-refractivity contribution in [1.82, 2.24) is 4.90 Å². The van der Waals surface area contributed by atoms with Gasteiger partial charge in [0, 0.05) is 23.1 Å². The van der Waals surface area contributed by atoms with Gasteiger partial charge in [0.15, 0.2) is 11.5 Å².